The van der Waals surface area contributed by atoms with E-state index < -0.39 is 17.5 Å². The molecule has 0 bridgehead atoms. The smallest absolute Gasteiger partial charge is 0.350 e. The molecule has 1 heterocycles. The molecule has 1 aromatic rings. The Kier molecular flexibility index (Phi) is 6.82. The topological polar surface area (TPSA) is 65.1 Å². The SMILES string of the molecule is COC(=O)C1(OC(=O)Cc2c(C)cc(C)c(Br)c2C)CCN(OC)CC1. The number of benzene rings is 1. The van der Waals surface area contributed by atoms with Gasteiger partial charge in [0.05, 0.1) is 20.6 Å². The fraction of sp³-hybridized carbons (Fsp3) is 0.579. The van der Waals surface area contributed by atoms with E-state index in [1.54, 1.807) is 12.2 Å². The lowest BCUT2D eigenvalue weighted by molar-refractivity contribution is -0.205. The van der Waals surface area contributed by atoms with E-state index in [1.165, 1.54) is 7.11 Å². The van der Waals surface area contributed by atoms with Crippen molar-refractivity contribution in [3.8, 4) is 0 Å². The van der Waals surface area contributed by atoms with Crippen molar-refractivity contribution in [1.29, 1.82) is 0 Å². The minimum absolute atomic E-state index is 0.114. The molecule has 0 saturated carbocycles. The van der Waals surface area contributed by atoms with Gasteiger partial charge in [-0.25, -0.2) is 4.79 Å². The molecule has 0 aromatic heterocycles. The Labute approximate surface area is 162 Å². The highest BCUT2D eigenvalue weighted by Gasteiger charge is 2.46. The van der Waals surface area contributed by atoms with Crippen molar-refractivity contribution in [2.45, 2.75) is 45.6 Å². The highest BCUT2D eigenvalue weighted by Crippen LogP contribution is 2.31. The second-order valence-electron chi connectivity index (χ2n) is 6.68. The normalized spacial score (nSPS) is 17.0. The Morgan fingerprint density at radius 1 is 1.15 bits per heavy atom. The Bertz CT molecular complexity index is 696. The van der Waals surface area contributed by atoms with Crippen LogP contribution in [0.3, 0.4) is 0 Å². The van der Waals surface area contributed by atoms with Crippen LogP contribution in [0.25, 0.3) is 0 Å². The van der Waals surface area contributed by atoms with Gasteiger partial charge < -0.3 is 14.3 Å². The van der Waals surface area contributed by atoms with Crippen LogP contribution in [0.2, 0.25) is 0 Å². The molecule has 144 valence electrons. The molecule has 0 radical (unpaired) electrons. The van der Waals surface area contributed by atoms with Gasteiger partial charge in [-0.05, 0) is 43.0 Å². The van der Waals surface area contributed by atoms with Crippen LogP contribution in [0.15, 0.2) is 10.5 Å². The standard InChI is InChI=1S/C19H26BrNO5/c1-12-10-13(2)17(20)14(3)15(12)11-16(22)26-19(18(23)24-4)6-8-21(25-5)9-7-19/h10H,6-9,11H2,1-5H3. The number of carbonyl (C=O) groups excluding carboxylic acids is 2. The van der Waals surface area contributed by atoms with Gasteiger partial charge in [0.1, 0.15) is 0 Å². The van der Waals surface area contributed by atoms with Gasteiger partial charge in [0.15, 0.2) is 0 Å². The van der Waals surface area contributed by atoms with E-state index in [2.05, 4.69) is 15.9 Å². The van der Waals surface area contributed by atoms with Crippen molar-refractivity contribution in [2.24, 2.45) is 0 Å². The van der Waals surface area contributed by atoms with E-state index in [4.69, 9.17) is 14.3 Å². The molecule has 2 rings (SSSR count). The maximum absolute atomic E-state index is 12.7. The summed E-state index contributed by atoms with van der Waals surface area (Å²) in [6, 6.07) is 2.03. The molecule has 1 aliphatic heterocycles. The van der Waals surface area contributed by atoms with Crippen LogP contribution in [0.4, 0.5) is 0 Å². The zero-order valence-corrected chi connectivity index (χ0v) is 17.6. The summed E-state index contributed by atoms with van der Waals surface area (Å²) in [7, 11) is 2.89. The van der Waals surface area contributed by atoms with Crippen LogP contribution in [-0.4, -0.2) is 49.9 Å². The molecule has 7 heteroatoms. The van der Waals surface area contributed by atoms with E-state index in [1.807, 2.05) is 26.8 Å². The van der Waals surface area contributed by atoms with Gasteiger partial charge in [0, 0.05) is 30.4 Å². The molecule has 0 aliphatic carbocycles. The number of hydroxylamine groups is 2. The average molecular weight is 428 g/mol. The summed E-state index contributed by atoms with van der Waals surface area (Å²) in [5.74, 6) is -0.941. The number of piperidine rings is 1. The molecule has 0 spiro atoms. The molecule has 1 aromatic carbocycles. The van der Waals surface area contributed by atoms with Crippen molar-refractivity contribution >= 4 is 27.9 Å². The number of carbonyl (C=O) groups is 2. The van der Waals surface area contributed by atoms with Crippen LogP contribution >= 0.6 is 15.9 Å². The predicted molar refractivity (Wildman–Crippen MR) is 101 cm³/mol. The number of aryl methyl sites for hydroxylation is 2. The number of halogens is 1. The summed E-state index contributed by atoms with van der Waals surface area (Å²) in [6.45, 7) is 6.95. The van der Waals surface area contributed by atoms with Crippen molar-refractivity contribution in [3.63, 3.8) is 0 Å². The number of hydrogen-bond acceptors (Lipinski definition) is 6. The molecule has 1 fully saturated rings. The van der Waals surface area contributed by atoms with Crippen LogP contribution in [0.5, 0.6) is 0 Å². The Morgan fingerprint density at radius 2 is 1.77 bits per heavy atom. The summed E-state index contributed by atoms with van der Waals surface area (Å²) < 4.78 is 11.6. The summed E-state index contributed by atoms with van der Waals surface area (Å²) >= 11 is 3.57. The van der Waals surface area contributed by atoms with Crippen LogP contribution in [-0.2, 0) is 30.3 Å². The maximum Gasteiger partial charge on any atom is 0.350 e. The van der Waals surface area contributed by atoms with Gasteiger partial charge in [0.25, 0.3) is 0 Å². The zero-order chi connectivity index (χ0) is 19.5. The minimum atomic E-state index is -1.25. The first kappa shape index (κ1) is 20.9. The second kappa shape index (κ2) is 8.50. The third-order valence-electron chi connectivity index (χ3n) is 5.01. The fourth-order valence-corrected chi connectivity index (χ4v) is 3.79. The molecule has 6 nitrogen and oxygen atoms in total. The number of hydrogen-bond donors (Lipinski definition) is 0. The number of rotatable bonds is 5. The maximum atomic E-state index is 12.7. The molecule has 0 atom stereocenters. The van der Waals surface area contributed by atoms with Gasteiger partial charge in [-0.3, -0.25) is 4.79 Å². The number of nitrogens with zero attached hydrogens (tertiary/aromatic N) is 1. The van der Waals surface area contributed by atoms with Gasteiger partial charge in [-0.1, -0.05) is 22.0 Å². The van der Waals surface area contributed by atoms with Gasteiger partial charge >= 0.3 is 11.9 Å². The van der Waals surface area contributed by atoms with Gasteiger partial charge in [0.2, 0.25) is 5.60 Å². The average Bonchev–Trinajstić information content (AvgIpc) is 2.63. The Balaban J connectivity index is 2.19. The first-order valence-electron chi connectivity index (χ1n) is 8.58. The zero-order valence-electron chi connectivity index (χ0n) is 16.0. The largest absolute Gasteiger partial charge is 0.466 e. The molecule has 0 amide bonds. The highest BCUT2D eigenvalue weighted by atomic mass is 79.9. The number of ether oxygens (including phenoxy) is 2. The summed E-state index contributed by atoms with van der Waals surface area (Å²) in [5, 5.41) is 1.74. The molecule has 1 aliphatic rings. The summed E-state index contributed by atoms with van der Waals surface area (Å²) in [4.78, 5) is 30.2. The molecule has 0 N–H and O–H groups in total. The van der Waals surface area contributed by atoms with E-state index >= 15 is 0 Å². The summed E-state index contributed by atoms with van der Waals surface area (Å²) in [5.41, 5.74) is 2.84. The molecule has 26 heavy (non-hydrogen) atoms. The Hall–Kier alpha value is -1.44. The molecule has 1 saturated heterocycles. The lowest BCUT2D eigenvalue weighted by Gasteiger charge is -2.37. The van der Waals surface area contributed by atoms with Crippen molar-refractivity contribution in [3.05, 3.63) is 32.8 Å². The van der Waals surface area contributed by atoms with Gasteiger partial charge in [-0.2, -0.15) is 5.06 Å². The second-order valence-corrected chi connectivity index (χ2v) is 7.47. The lowest BCUT2D eigenvalue weighted by atomic mass is 9.91. The third-order valence-corrected chi connectivity index (χ3v) is 6.23. The first-order chi connectivity index (χ1) is 12.2. The minimum Gasteiger partial charge on any atom is -0.466 e. The van der Waals surface area contributed by atoms with Crippen LogP contribution in [0, 0.1) is 20.8 Å². The Morgan fingerprint density at radius 3 is 2.31 bits per heavy atom. The third kappa shape index (κ3) is 4.27. The monoisotopic (exact) mass is 427 g/mol. The van der Waals surface area contributed by atoms with Crippen molar-refractivity contribution < 1.29 is 23.9 Å². The summed E-state index contributed by atoms with van der Waals surface area (Å²) in [6.07, 6.45) is 0.799. The van der Waals surface area contributed by atoms with E-state index in [-0.39, 0.29) is 6.42 Å². The van der Waals surface area contributed by atoms with Crippen LogP contribution in [0.1, 0.15) is 35.1 Å². The predicted octanol–water partition coefficient (Wildman–Crippen LogP) is 3.03. The van der Waals surface area contributed by atoms with E-state index in [9.17, 15) is 9.59 Å². The lowest BCUT2D eigenvalue weighted by Crippen LogP contribution is -2.52. The first-order valence-corrected chi connectivity index (χ1v) is 9.38. The van der Waals surface area contributed by atoms with E-state index in [0.717, 1.165) is 26.7 Å². The van der Waals surface area contributed by atoms with Crippen molar-refractivity contribution in [2.75, 3.05) is 27.3 Å². The number of esters is 2. The van der Waals surface area contributed by atoms with E-state index in [0.29, 0.717) is 25.9 Å². The fourth-order valence-electron chi connectivity index (χ4n) is 3.43. The molecular weight excluding hydrogens is 402 g/mol. The molecular formula is C19H26BrNO5. The van der Waals surface area contributed by atoms with Gasteiger partial charge in [-0.15, -0.1) is 0 Å². The van der Waals surface area contributed by atoms with Crippen molar-refractivity contribution in [1.82, 2.24) is 5.06 Å². The quantitative estimate of drug-likeness (QED) is 0.672. The molecule has 0 unspecified atom stereocenters. The number of methoxy groups -OCH3 is 1. The highest BCUT2D eigenvalue weighted by molar-refractivity contribution is 9.10. The van der Waals surface area contributed by atoms with Crippen LogP contribution < -0.4 is 0 Å².